The number of nitrogens with one attached hydrogen (secondary N) is 4. The number of benzene rings is 1. The Morgan fingerprint density at radius 2 is 2.08 bits per heavy atom. The van der Waals surface area contributed by atoms with Gasteiger partial charge in [0.05, 0.1) is 12.3 Å². The Morgan fingerprint density at radius 1 is 1.25 bits per heavy atom. The summed E-state index contributed by atoms with van der Waals surface area (Å²) in [7, 11) is -4.08. The van der Waals surface area contributed by atoms with Gasteiger partial charge in [0.2, 0.25) is 15.9 Å². The van der Waals surface area contributed by atoms with Crippen molar-refractivity contribution in [1.82, 2.24) is 19.6 Å². The number of aromatic amines is 1. The number of carbonyl (C=O) groups is 2. The van der Waals surface area contributed by atoms with E-state index in [1.54, 1.807) is 31.5 Å². The van der Waals surface area contributed by atoms with Gasteiger partial charge in [-0.2, -0.15) is 4.72 Å². The molecule has 0 spiro atoms. The number of likely N-dealkylation sites (tertiary alicyclic amines) is 1. The molecule has 220 valence electrons. The van der Waals surface area contributed by atoms with Crippen molar-refractivity contribution in [3.63, 3.8) is 0 Å². The lowest BCUT2D eigenvalue weighted by atomic mass is 9.93. The summed E-state index contributed by atoms with van der Waals surface area (Å²) in [4.78, 5) is 34.7. The molecule has 0 radical (unpaired) electrons. The number of imidazole rings is 1. The molecule has 12 nitrogen and oxygen atoms in total. The van der Waals surface area contributed by atoms with E-state index in [0.29, 0.717) is 50.5 Å². The zero-order chi connectivity index (χ0) is 28.7. The molecule has 0 saturated carbocycles. The fourth-order valence-corrected chi connectivity index (χ4v) is 6.66. The van der Waals surface area contributed by atoms with Gasteiger partial charge in [0.25, 0.3) is 0 Å². The third kappa shape index (κ3) is 7.25. The normalized spacial score (nSPS) is 21.6. The molecular weight excluding hydrogens is 536 g/mol. The number of piperidine rings is 1. The van der Waals surface area contributed by atoms with E-state index in [1.165, 1.54) is 4.90 Å². The molecule has 0 bridgehead atoms. The zero-order valence-electron chi connectivity index (χ0n) is 23.3. The minimum absolute atomic E-state index is 0.120. The lowest BCUT2D eigenvalue weighted by molar-refractivity contribution is -0.150. The number of hydrogen-bond donors (Lipinski definition) is 4. The first-order valence-corrected chi connectivity index (χ1v) is 15.4. The van der Waals surface area contributed by atoms with E-state index in [2.05, 4.69) is 32.2 Å². The average Bonchev–Trinajstić information content (AvgIpc) is 3.44. The lowest BCUT2D eigenvalue weighted by Gasteiger charge is -2.39. The van der Waals surface area contributed by atoms with E-state index in [4.69, 9.17) is 9.47 Å². The van der Waals surface area contributed by atoms with Crippen molar-refractivity contribution in [3.8, 4) is 0 Å². The predicted octanol–water partition coefficient (Wildman–Crippen LogP) is 3.63. The number of fused-ring (bicyclic) bond motifs is 1. The van der Waals surface area contributed by atoms with Gasteiger partial charge in [-0.1, -0.05) is 26.0 Å². The van der Waals surface area contributed by atoms with Crippen LogP contribution in [0, 0.1) is 5.92 Å². The van der Waals surface area contributed by atoms with Gasteiger partial charge in [-0.05, 0) is 56.1 Å². The molecule has 4 atom stereocenters. The summed E-state index contributed by atoms with van der Waals surface area (Å²) in [6, 6.07) is 4.15. The van der Waals surface area contributed by atoms with Crippen LogP contribution in [0.3, 0.4) is 0 Å². The summed E-state index contributed by atoms with van der Waals surface area (Å²) in [5.41, 5.74) is 1.52. The third-order valence-corrected chi connectivity index (χ3v) is 8.92. The van der Waals surface area contributed by atoms with E-state index >= 15 is 0 Å². The molecule has 40 heavy (non-hydrogen) atoms. The van der Waals surface area contributed by atoms with E-state index in [9.17, 15) is 18.0 Å². The van der Waals surface area contributed by atoms with Crippen LogP contribution in [0.2, 0.25) is 0 Å². The first kappa shape index (κ1) is 29.7. The molecule has 3 heterocycles. The van der Waals surface area contributed by atoms with Crippen molar-refractivity contribution in [2.75, 3.05) is 36.9 Å². The van der Waals surface area contributed by atoms with Gasteiger partial charge < -0.3 is 30.0 Å². The summed E-state index contributed by atoms with van der Waals surface area (Å²) in [6.07, 6.45) is 4.39. The number of hydrogen-bond acceptors (Lipinski definition) is 9. The van der Waals surface area contributed by atoms with Crippen LogP contribution in [-0.4, -0.2) is 73.9 Å². The number of amides is 1. The second kappa shape index (κ2) is 13.4. The molecule has 1 aromatic heterocycles. The molecular formula is C27H40N6O6S. The van der Waals surface area contributed by atoms with Crippen LogP contribution in [0.25, 0.3) is 0 Å². The highest BCUT2D eigenvalue weighted by Gasteiger charge is 2.38. The Balaban J connectivity index is 1.56. The van der Waals surface area contributed by atoms with Crippen molar-refractivity contribution in [2.45, 2.75) is 76.0 Å². The number of para-hydroxylation sites is 1. The Morgan fingerprint density at radius 3 is 2.83 bits per heavy atom. The van der Waals surface area contributed by atoms with Crippen LogP contribution >= 0.6 is 0 Å². The Labute approximate surface area is 235 Å². The van der Waals surface area contributed by atoms with Crippen LogP contribution in [-0.2, 0) is 24.3 Å². The summed E-state index contributed by atoms with van der Waals surface area (Å²) in [5, 5.41) is 6.37. The van der Waals surface area contributed by atoms with Crippen LogP contribution in [0.5, 0.6) is 0 Å². The molecule has 1 amide bonds. The second-order valence-electron chi connectivity index (χ2n) is 10.4. The van der Waals surface area contributed by atoms with Gasteiger partial charge in [0, 0.05) is 38.4 Å². The Bertz CT molecular complexity index is 1250. The average molecular weight is 577 g/mol. The van der Waals surface area contributed by atoms with Gasteiger partial charge >= 0.3 is 6.16 Å². The van der Waals surface area contributed by atoms with Crippen molar-refractivity contribution >= 4 is 33.7 Å². The smallest absolute Gasteiger partial charge is 0.435 e. The van der Waals surface area contributed by atoms with Crippen LogP contribution < -0.4 is 15.4 Å². The summed E-state index contributed by atoms with van der Waals surface area (Å²) >= 11 is 0. The van der Waals surface area contributed by atoms with Gasteiger partial charge in [-0.15, -0.1) is 0 Å². The minimum Gasteiger partial charge on any atom is -0.435 e. The number of carbonyl (C=O) groups excluding carboxylic acids is 2. The monoisotopic (exact) mass is 576 g/mol. The van der Waals surface area contributed by atoms with Gasteiger partial charge in [-0.25, -0.2) is 18.2 Å². The lowest BCUT2D eigenvalue weighted by Crippen LogP contribution is -2.55. The highest BCUT2D eigenvalue weighted by molar-refractivity contribution is 7.89. The minimum atomic E-state index is -4.08. The van der Waals surface area contributed by atoms with Crippen molar-refractivity contribution < 1.29 is 27.5 Å². The first-order valence-electron chi connectivity index (χ1n) is 14.0. The van der Waals surface area contributed by atoms with Crippen LogP contribution in [0.15, 0.2) is 35.5 Å². The molecule has 1 fully saturated rings. The highest BCUT2D eigenvalue weighted by Crippen LogP contribution is 2.36. The number of sulfonamides is 1. The Kier molecular flexibility index (Phi) is 9.90. The molecule has 2 aliphatic heterocycles. The van der Waals surface area contributed by atoms with E-state index in [1.807, 2.05) is 13.0 Å². The quantitative estimate of drug-likeness (QED) is 0.232. The fraction of sp³-hybridized carbons (Fsp3) is 0.593. The van der Waals surface area contributed by atoms with Crippen molar-refractivity contribution in [3.05, 3.63) is 36.2 Å². The molecule has 1 unspecified atom stereocenters. The first-order chi connectivity index (χ1) is 19.2. The maximum atomic E-state index is 13.9. The van der Waals surface area contributed by atoms with Gasteiger partial charge in [0.15, 0.2) is 12.2 Å². The topological polar surface area (TPSA) is 155 Å². The fourth-order valence-electron chi connectivity index (χ4n) is 5.22. The van der Waals surface area contributed by atoms with Crippen molar-refractivity contribution in [2.24, 2.45) is 5.92 Å². The number of nitrogens with zero attached hydrogens (tertiary/aromatic N) is 2. The second-order valence-corrected chi connectivity index (χ2v) is 12.1. The maximum absolute atomic E-state index is 13.9. The van der Waals surface area contributed by atoms with E-state index in [-0.39, 0.29) is 29.8 Å². The van der Waals surface area contributed by atoms with E-state index in [0.717, 1.165) is 12.0 Å². The van der Waals surface area contributed by atoms with E-state index < -0.39 is 34.4 Å². The largest absolute Gasteiger partial charge is 0.510 e. The molecule has 2 aromatic rings. The molecule has 0 aliphatic carbocycles. The van der Waals surface area contributed by atoms with Crippen LogP contribution in [0.1, 0.15) is 64.4 Å². The summed E-state index contributed by atoms with van der Waals surface area (Å²) in [6.45, 7) is 7.40. The number of H-pyrrole nitrogens is 1. The van der Waals surface area contributed by atoms with Crippen LogP contribution in [0.4, 0.5) is 16.4 Å². The summed E-state index contributed by atoms with van der Waals surface area (Å²) < 4.78 is 40.7. The third-order valence-electron chi connectivity index (χ3n) is 7.41. The Hall–Kier alpha value is -3.32. The van der Waals surface area contributed by atoms with Crippen molar-refractivity contribution in [1.29, 1.82) is 0 Å². The SMILES string of the molecule is CCOC(=O)O[C@@H]1C[C@H](C)CCN1C(=O)[C@H](CCCNc1ncc[nH]1)NS(=O)(=O)c1cccc2c1NCCC2C. The molecule has 13 heteroatoms. The standard InChI is InChI=1S/C27H40N6O6S/c1-4-38-27(35)39-23-17-18(2)11-16-33(23)25(34)21(8-6-12-29-26-30-14-15-31-26)32-40(36,37)22-9-5-7-20-19(3)10-13-28-24(20)22/h5,7,9,14-15,18-19,21,23,28,32H,4,6,8,10-13,16-17H2,1-3H3,(H2,29,30,31)/t18-,19?,21+,23-/m1/s1. The maximum Gasteiger partial charge on any atom is 0.510 e. The molecule has 1 saturated heterocycles. The number of anilines is 2. The molecule has 1 aromatic carbocycles. The molecule has 4 rings (SSSR count). The zero-order valence-corrected chi connectivity index (χ0v) is 24.1. The molecule has 2 aliphatic rings. The number of rotatable bonds is 11. The number of aromatic nitrogens is 2. The summed E-state index contributed by atoms with van der Waals surface area (Å²) in [5.74, 6) is 0.592. The van der Waals surface area contributed by atoms with Gasteiger partial charge in [0.1, 0.15) is 10.9 Å². The molecule has 4 N–H and O–H groups in total. The number of ether oxygens (including phenoxy) is 2. The van der Waals surface area contributed by atoms with Gasteiger partial charge in [-0.3, -0.25) is 4.79 Å². The highest BCUT2D eigenvalue weighted by atomic mass is 32.2. The predicted molar refractivity (Wildman–Crippen MR) is 150 cm³/mol.